The van der Waals surface area contributed by atoms with Crippen LogP contribution in [0, 0.1) is 0 Å². The maximum absolute atomic E-state index is 12.3. The van der Waals surface area contributed by atoms with Crippen LogP contribution < -0.4 is 10.6 Å². The average molecular weight is 405 g/mol. The Morgan fingerprint density at radius 2 is 1.70 bits per heavy atom. The molecule has 0 aliphatic heterocycles. The summed E-state index contributed by atoms with van der Waals surface area (Å²) < 4.78 is 1.77. The molecule has 3 rings (SSSR count). The van der Waals surface area contributed by atoms with E-state index in [1.807, 2.05) is 54.6 Å². The minimum Gasteiger partial charge on any atom is -0.352 e. The van der Waals surface area contributed by atoms with Crippen LogP contribution in [0.5, 0.6) is 0 Å². The molecule has 0 radical (unpaired) electrons. The van der Waals surface area contributed by atoms with Gasteiger partial charge in [0.2, 0.25) is 5.91 Å². The number of aromatic nitrogens is 2. The van der Waals surface area contributed by atoms with Gasteiger partial charge in [0.25, 0.3) is 5.91 Å². The summed E-state index contributed by atoms with van der Waals surface area (Å²) in [7, 11) is 0. The molecule has 30 heavy (non-hydrogen) atoms. The second-order valence-corrected chi connectivity index (χ2v) is 8.29. The van der Waals surface area contributed by atoms with Gasteiger partial charge in [0.1, 0.15) is 0 Å². The third-order valence-electron chi connectivity index (χ3n) is 4.76. The van der Waals surface area contributed by atoms with E-state index < -0.39 is 0 Å². The Labute approximate surface area is 177 Å². The van der Waals surface area contributed by atoms with Crippen molar-refractivity contribution in [3.05, 3.63) is 83.7 Å². The van der Waals surface area contributed by atoms with Gasteiger partial charge in [-0.1, -0.05) is 63.2 Å². The second kappa shape index (κ2) is 9.39. The predicted octanol–water partition coefficient (Wildman–Crippen LogP) is 3.99. The van der Waals surface area contributed by atoms with E-state index >= 15 is 0 Å². The van der Waals surface area contributed by atoms with E-state index in [0.29, 0.717) is 17.8 Å². The minimum absolute atomic E-state index is 0.0436. The number of hydrogen-bond donors (Lipinski definition) is 2. The largest absolute Gasteiger partial charge is 0.352 e. The molecule has 1 heterocycles. The van der Waals surface area contributed by atoms with Crippen LogP contribution in [-0.4, -0.2) is 28.1 Å². The SMILES string of the molecule is CC(C)(C)c1ccc(C(=O)NCCC(=O)Nc2cnn(Cc3ccccc3)c2)cc1. The molecular formula is C24H28N4O2. The van der Waals surface area contributed by atoms with Gasteiger partial charge in [-0.15, -0.1) is 0 Å². The number of nitrogens with zero attached hydrogens (tertiary/aromatic N) is 2. The fourth-order valence-corrected chi connectivity index (χ4v) is 3.02. The Bertz CT molecular complexity index is 986. The number of carbonyl (C=O) groups excluding carboxylic acids is 2. The van der Waals surface area contributed by atoms with Crippen LogP contribution >= 0.6 is 0 Å². The van der Waals surface area contributed by atoms with E-state index in [4.69, 9.17) is 0 Å². The standard InChI is InChI=1S/C24H28N4O2/c1-24(2,3)20-11-9-19(10-12-20)23(30)25-14-13-22(29)27-21-15-26-28(17-21)16-18-7-5-4-6-8-18/h4-12,15,17H,13-14,16H2,1-3H3,(H,25,30)(H,27,29). The molecule has 0 saturated heterocycles. The first-order valence-corrected chi connectivity index (χ1v) is 10.1. The molecule has 0 fully saturated rings. The fourth-order valence-electron chi connectivity index (χ4n) is 3.02. The summed E-state index contributed by atoms with van der Waals surface area (Å²) in [5.41, 5.74) is 3.58. The maximum Gasteiger partial charge on any atom is 0.251 e. The molecule has 6 nitrogen and oxygen atoms in total. The molecule has 2 aromatic carbocycles. The lowest BCUT2D eigenvalue weighted by atomic mass is 9.87. The zero-order valence-corrected chi connectivity index (χ0v) is 17.7. The predicted molar refractivity (Wildman–Crippen MR) is 118 cm³/mol. The zero-order chi connectivity index (χ0) is 21.6. The maximum atomic E-state index is 12.3. The lowest BCUT2D eigenvalue weighted by Gasteiger charge is -2.19. The fraction of sp³-hybridized carbons (Fsp3) is 0.292. The van der Waals surface area contributed by atoms with Crippen molar-refractivity contribution in [2.75, 3.05) is 11.9 Å². The van der Waals surface area contributed by atoms with E-state index in [1.54, 1.807) is 17.1 Å². The average Bonchev–Trinajstić information content (AvgIpc) is 3.14. The van der Waals surface area contributed by atoms with Crippen molar-refractivity contribution < 1.29 is 9.59 Å². The molecule has 0 spiro atoms. The van der Waals surface area contributed by atoms with Crippen molar-refractivity contribution in [1.29, 1.82) is 0 Å². The first kappa shape index (κ1) is 21.3. The molecule has 0 unspecified atom stereocenters. The van der Waals surface area contributed by atoms with Gasteiger partial charge in [-0.25, -0.2) is 0 Å². The first-order valence-electron chi connectivity index (χ1n) is 10.1. The van der Waals surface area contributed by atoms with Gasteiger partial charge in [-0.2, -0.15) is 5.10 Å². The molecule has 6 heteroatoms. The molecule has 2 N–H and O–H groups in total. The number of rotatable bonds is 7. The highest BCUT2D eigenvalue weighted by Gasteiger charge is 2.14. The highest BCUT2D eigenvalue weighted by atomic mass is 16.2. The molecule has 0 aliphatic rings. The Kier molecular flexibility index (Phi) is 6.67. The summed E-state index contributed by atoms with van der Waals surface area (Å²) in [6, 6.07) is 17.6. The minimum atomic E-state index is -0.182. The Balaban J connectivity index is 1.43. The summed E-state index contributed by atoms with van der Waals surface area (Å²) >= 11 is 0. The van der Waals surface area contributed by atoms with Gasteiger partial charge < -0.3 is 10.6 Å². The number of amides is 2. The van der Waals surface area contributed by atoms with Gasteiger partial charge in [0, 0.05) is 24.7 Å². The number of carbonyl (C=O) groups is 2. The van der Waals surface area contributed by atoms with Crippen molar-refractivity contribution in [3.63, 3.8) is 0 Å². The van der Waals surface area contributed by atoms with Crippen molar-refractivity contribution in [2.24, 2.45) is 0 Å². The molecule has 0 saturated carbocycles. The summed E-state index contributed by atoms with van der Waals surface area (Å²) in [5.74, 6) is -0.350. The molecule has 2 amide bonds. The third-order valence-corrected chi connectivity index (χ3v) is 4.76. The topological polar surface area (TPSA) is 76.0 Å². The highest BCUT2D eigenvalue weighted by Crippen LogP contribution is 2.22. The van der Waals surface area contributed by atoms with Crippen molar-refractivity contribution in [3.8, 4) is 0 Å². The van der Waals surface area contributed by atoms with E-state index in [1.165, 1.54) is 5.56 Å². The summed E-state index contributed by atoms with van der Waals surface area (Å²) in [4.78, 5) is 24.4. The van der Waals surface area contributed by atoms with Crippen LogP contribution in [0.1, 0.15) is 48.7 Å². The van der Waals surface area contributed by atoms with Crippen molar-refractivity contribution >= 4 is 17.5 Å². The van der Waals surface area contributed by atoms with Gasteiger partial charge in [0.15, 0.2) is 0 Å². The molecule has 156 valence electrons. The van der Waals surface area contributed by atoms with Crippen LogP contribution in [0.25, 0.3) is 0 Å². The number of nitrogens with one attached hydrogen (secondary N) is 2. The molecule has 3 aromatic rings. The Hall–Kier alpha value is -3.41. The van der Waals surface area contributed by atoms with Gasteiger partial charge in [-0.3, -0.25) is 14.3 Å². The van der Waals surface area contributed by atoms with E-state index in [2.05, 4.69) is 36.5 Å². The lowest BCUT2D eigenvalue weighted by molar-refractivity contribution is -0.116. The monoisotopic (exact) mass is 404 g/mol. The molecular weight excluding hydrogens is 376 g/mol. The normalized spacial score (nSPS) is 11.2. The molecule has 0 aliphatic carbocycles. The number of hydrogen-bond acceptors (Lipinski definition) is 3. The van der Waals surface area contributed by atoms with E-state index in [9.17, 15) is 9.59 Å². The van der Waals surface area contributed by atoms with Crippen molar-refractivity contribution in [2.45, 2.75) is 39.2 Å². The quantitative estimate of drug-likeness (QED) is 0.625. The highest BCUT2D eigenvalue weighted by molar-refractivity contribution is 5.95. The molecule has 1 aromatic heterocycles. The first-order chi connectivity index (χ1) is 14.3. The summed E-state index contributed by atoms with van der Waals surface area (Å²) in [5, 5.41) is 9.87. The van der Waals surface area contributed by atoms with E-state index in [0.717, 1.165) is 5.56 Å². The van der Waals surface area contributed by atoms with Gasteiger partial charge in [0.05, 0.1) is 18.4 Å². The Morgan fingerprint density at radius 3 is 2.37 bits per heavy atom. The van der Waals surface area contributed by atoms with Crippen LogP contribution in [-0.2, 0) is 16.8 Å². The van der Waals surface area contributed by atoms with Crippen LogP contribution in [0.2, 0.25) is 0 Å². The molecule has 0 atom stereocenters. The van der Waals surface area contributed by atoms with E-state index in [-0.39, 0.29) is 30.2 Å². The summed E-state index contributed by atoms with van der Waals surface area (Å²) in [6.45, 7) is 7.30. The van der Waals surface area contributed by atoms with Gasteiger partial charge >= 0.3 is 0 Å². The number of benzene rings is 2. The second-order valence-electron chi connectivity index (χ2n) is 8.29. The van der Waals surface area contributed by atoms with Crippen molar-refractivity contribution in [1.82, 2.24) is 15.1 Å². The lowest BCUT2D eigenvalue weighted by Crippen LogP contribution is -2.27. The van der Waals surface area contributed by atoms with Crippen LogP contribution in [0.3, 0.4) is 0 Å². The van der Waals surface area contributed by atoms with Gasteiger partial charge in [-0.05, 0) is 28.7 Å². The Morgan fingerprint density at radius 1 is 1.00 bits per heavy atom. The van der Waals surface area contributed by atoms with Crippen LogP contribution in [0.15, 0.2) is 67.0 Å². The zero-order valence-electron chi connectivity index (χ0n) is 17.7. The summed E-state index contributed by atoms with van der Waals surface area (Å²) in [6.07, 6.45) is 3.60. The third kappa shape index (κ3) is 6.04. The number of anilines is 1. The molecule has 0 bridgehead atoms. The smallest absolute Gasteiger partial charge is 0.251 e. The van der Waals surface area contributed by atoms with Crippen LogP contribution in [0.4, 0.5) is 5.69 Å².